The number of hydrogen-bond acceptors (Lipinski definition) is 6. The summed E-state index contributed by atoms with van der Waals surface area (Å²) >= 11 is 0. The van der Waals surface area contributed by atoms with Crippen LogP contribution in [0.3, 0.4) is 0 Å². The SMILES string of the molecule is COc1ccnc(NC(=O)N2c3nc(C(=O)NC(C)C)ccc3N3CCC2C3)c1. The Morgan fingerprint density at radius 1 is 1.28 bits per heavy atom. The summed E-state index contributed by atoms with van der Waals surface area (Å²) in [6.45, 7) is 5.37. The van der Waals surface area contributed by atoms with Crippen LogP contribution in [0.5, 0.6) is 5.75 Å². The van der Waals surface area contributed by atoms with Crippen LogP contribution in [-0.4, -0.2) is 54.2 Å². The number of aromatic nitrogens is 2. The number of fused-ring (bicyclic) bond motifs is 4. The van der Waals surface area contributed by atoms with Crippen LogP contribution in [0, 0.1) is 0 Å². The Bertz CT molecular complexity index is 948. The van der Waals surface area contributed by atoms with Crippen LogP contribution in [0.2, 0.25) is 0 Å². The van der Waals surface area contributed by atoms with Crippen molar-refractivity contribution in [3.8, 4) is 5.75 Å². The first-order chi connectivity index (χ1) is 14.0. The van der Waals surface area contributed by atoms with E-state index in [0.29, 0.717) is 17.4 Å². The third-order valence-electron chi connectivity index (χ3n) is 5.03. The smallest absolute Gasteiger partial charge is 0.329 e. The Balaban J connectivity index is 1.65. The second kappa shape index (κ2) is 7.57. The van der Waals surface area contributed by atoms with Crippen molar-refractivity contribution < 1.29 is 14.3 Å². The second-order valence-corrected chi connectivity index (χ2v) is 7.44. The van der Waals surface area contributed by atoms with Crippen LogP contribution in [0.4, 0.5) is 22.1 Å². The lowest BCUT2D eigenvalue weighted by molar-refractivity contribution is 0.0938. The van der Waals surface area contributed by atoms with E-state index in [1.54, 1.807) is 36.4 Å². The Labute approximate surface area is 169 Å². The van der Waals surface area contributed by atoms with Crippen molar-refractivity contribution in [3.05, 3.63) is 36.2 Å². The lowest BCUT2D eigenvalue weighted by Crippen LogP contribution is -2.48. The van der Waals surface area contributed by atoms with Gasteiger partial charge in [0, 0.05) is 31.4 Å². The minimum absolute atomic E-state index is 0.00111. The first kappa shape index (κ1) is 19.0. The van der Waals surface area contributed by atoms with Crippen LogP contribution >= 0.6 is 0 Å². The second-order valence-electron chi connectivity index (χ2n) is 7.44. The molecule has 1 atom stereocenters. The molecule has 1 unspecified atom stereocenters. The van der Waals surface area contributed by atoms with E-state index in [1.165, 1.54) is 0 Å². The molecule has 4 rings (SSSR count). The molecule has 9 nitrogen and oxygen atoms in total. The summed E-state index contributed by atoms with van der Waals surface area (Å²) in [5, 5.41) is 5.67. The molecule has 0 aromatic carbocycles. The average Bonchev–Trinajstić information content (AvgIpc) is 3.11. The number of amides is 3. The molecule has 2 aliphatic rings. The van der Waals surface area contributed by atoms with Gasteiger partial charge in [-0.15, -0.1) is 0 Å². The Morgan fingerprint density at radius 2 is 2.10 bits per heavy atom. The van der Waals surface area contributed by atoms with E-state index in [0.717, 1.165) is 25.2 Å². The predicted molar refractivity (Wildman–Crippen MR) is 110 cm³/mol. The lowest BCUT2D eigenvalue weighted by atomic mass is 10.1. The van der Waals surface area contributed by atoms with Gasteiger partial charge in [-0.2, -0.15) is 0 Å². The number of rotatable bonds is 4. The lowest BCUT2D eigenvalue weighted by Gasteiger charge is -2.35. The number of hydrogen-bond donors (Lipinski definition) is 2. The molecule has 2 aromatic heterocycles. The zero-order chi connectivity index (χ0) is 20.5. The molecule has 2 bridgehead atoms. The van der Waals surface area contributed by atoms with E-state index < -0.39 is 0 Å². The maximum atomic E-state index is 13.2. The van der Waals surface area contributed by atoms with Crippen LogP contribution < -0.4 is 25.2 Å². The number of nitrogens with one attached hydrogen (secondary N) is 2. The summed E-state index contributed by atoms with van der Waals surface area (Å²) in [6.07, 6.45) is 2.41. The normalized spacial score (nSPS) is 17.2. The van der Waals surface area contributed by atoms with E-state index in [1.807, 2.05) is 19.9 Å². The maximum absolute atomic E-state index is 13.2. The third kappa shape index (κ3) is 3.67. The van der Waals surface area contributed by atoms with E-state index >= 15 is 0 Å². The standard InChI is InChI=1S/C20H24N6O3/c1-12(2)22-19(27)15-4-5-16-18(23-15)26(13-7-9-25(16)11-13)20(28)24-17-10-14(29-3)6-8-21-17/h4-6,8,10,12-13H,7,9,11H2,1-3H3,(H,22,27)(H,21,24,28). The summed E-state index contributed by atoms with van der Waals surface area (Å²) in [7, 11) is 1.56. The molecule has 2 N–H and O–H groups in total. The minimum atomic E-state index is -0.326. The highest BCUT2D eigenvalue weighted by Gasteiger charge is 2.40. The average molecular weight is 396 g/mol. The predicted octanol–water partition coefficient (Wildman–Crippen LogP) is 2.25. The molecule has 1 saturated heterocycles. The first-order valence-corrected chi connectivity index (χ1v) is 9.63. The molecule has 29 heavy (non-hydrogen) atoms. The molecule has 0 aliphatic carbocycles. The molecule has 0 spiro atoms. The van der Waals surface area contributed by atoms with Crippen molar-refractivity contribution in [2.75, 3.05) is 35.3 Å². The van der Waals surface area contributed by atoms with E-state index in [9.17, 15) is 9.59 Å². The number of pyridine rings is 2. The zero-order valence-electron chi connectivity index (χ0n) is 16.7. The highest BCUT2D eigenvalue weighted by Crippen LogP contribution is 2.39. The van der Waals surface area contributed by atoms with Gasteiger partial charge in [-0.1, -0.05) is 0 Å². The summed E-state index contributed by atoms with van der Waals surface area (Å²) in [5.41, 5.74) is 1.14. The summed E-state index contributed by atoms with van der Waals surface area (Å²) < 4.78 is 5.19. The van der Waals surface area contributed by atoms with Gasteiger partial charge in [0.2, 0.25) is 0 Å². The van der Waals surface area contributed by atoms with Gasteiger partial charge in [-0.05, 0) is 38.5 Å². The van der Waals surface area contributed by atoms with Gasteiger partial charge in [0.05, 0.1) is 18.8 Å². The monoisotopic (exact) mass is 396 g/mol. The molecular weight excluding hydrogens is 372 g/mol. The summed E-state index contributed by atoms with van der Waals surface area (Å²) in [4.78, 5) is 38.2. The number of methoxy groups -OCH3 is 1. The summed E-state index contributed by atoms with van der Waals surface area (Å²) in [5.74, 6) is 1.23. The van der Waals surface area contributed by atoms with Crippen molar-refractivity contribution in [2.24, 2.45) is 0 Å². The number of ether oxygens (including phenoxy) is 1. The molecule has 9 heteroatoms. The molecular formula is C20H24N6O3. The van der Waals surface area contributed by atoms with Crippen molar-refractivity contribution in [1.29, 1.82) is 0 Å². The molecule has 0 saturated carbocycles. The van der Waals surface area contributed by atoms with Crippen molar-refractivity contribution in [2.45, 2.75) is 32.4 Å². The third-order valence-corrected chi connectivity index (χ3v) is 5.03. The van der Waals surface area contributed by atoms with Gasteiger partial charge in [0.15, 0.2) is 5.82 Å². The van der Waals surface area contributed by atoms with Crippen molar-refractivity contribution >= 4 is 29.3 Å². The topological polar surface area (TPSA) is 99.7 Å². The molecule has 2 aliphatic heterocycles. The Hall–Kier alpha value is -3.36. The van der Waals surface area contributed by atoms with Gasteiger partial charge in [0.1, 0.15) is 17.3 Å². The zero-order valence-corrected chi connectivity index (χ0v) is 16.7. The van der Waals surface area contributed by atoms with Gasteiger partial charge in [0.25, 0.3) is 5.91 Å². The number of urea groups is 1. The maximum Gasteiger partial charge on any atom is 0.329 e. The molecule has 152 valence electrons. The molecule has 2 aromatic rings. The highest BCUT2D eigenvalue weighted by molar-refractivity contribution is 6.05. The van der Waals surface area contributed by atoms with Crippen LogP contribution in [0.15, 0.2) is 30.5 Å². The van der Waals surface area contributed by atoms with Gasteiger partial charge >= 0.3 is 6.03 Å². The number of nitrogens with zero attached hydrogens (tertiary/aromatic N) is 4. The van der Waals surface area contributed by atoms with Crippen molar-refractivity contribution in [3.63, 3.8) is 0 Å². The fourth-order valence-corrected chi connectivity index (χ4v) is 3.71. The number of carbonyl (C=O) groups is 2. The van der Waals surface area contributed by atoms with Crippen LogP contribution in [-0.2, 0) is 0 Å². The quantitative estimate of drug-likeness (QED) is 0.822. The van der Waals surface area contributed by atoms with E-state index in [-0.39, 0.29) is 29.7 Å². The molecule has 1 fully saturated rings. The van der Waals surface area contributed by atoms with E-state index in [2.05, 4.69) is 25.5 Å². The first-order valence-electron chi connectivity index (χ1n) is 9.63. The van der Waals surface area contributed by atoms with Crippen LogP contribution in [0.1, 0.15) is 30.8 Å². The minimum Gasteiger partial charge on any atom is -0.497 e. The largest absolute Gasteiger partial charge is 0.497 e. The van der Waals surface area contributed by atoms with Gasteiger partial charge < -0.3 is 15.0 Å². The van der Waals surface area contributed by atoms with E-state index in [4.69, 9.17) is 4.74 Å². The Morgan fingerprint density at radius 3 is 2.86 bits per heavy atom. The fraction of sp³-hybridized carbons (Fsp3) is 0.400. The summed E-state index contributed by atoms with van der Waals surface area (Å²) in [6, 6.07) is 6.60. The number of anilines is 3. The molecule has 3 amide bonds. The molecule has 0 radical (unpaired) electrons. The number of carbonyl (C=O) groups excluding carboxylic acids is 2. The molecule has 4 heterocycles. The van der Waals surface area contributed by atoms with Gasteiger partial charge in [-0.25, -0.2) is 14.8 Å². The highest BCUT2D eigenvalue weighted by atomic mass is 16.5. The fourth-order valence-electron chi connectivity index (χ4n) is 3.71. The van der Waals surface area contributed by atoms with Crippen LogP contribution in [0.25, 0.3) is 0 Å². The van der Waals surface area contributed by atoms with Gasteiger partial charge in [-0.3, -0.25) is 15.0 Å². The Kier molecular flexibility index (Phi) is 4.96. The van der Waals surface area contributed by atoms with Crippen molar-refractivity contribution in [1.82, 2.24) is 15.3 Å².